The monoisotopic (exact) mass is 362 g/mol. The van der Waals surface area contributed by atoms with Crippen molar-refractivity contribution < 1.29 is 9.13 Å². The van der Waals surface area contributed by atoms with Crippen LogP contribution in [0, 0.1) is 5.82 Å². The predicted octanol–water partition coefficient (Wildman–Crippen LogP) is 5.61. The lowest BCUT2D eigenvalue weighted by molar-refractivity contribution is 0.303. The second-order valence-corrected chi connectivity index (χ2v) is 5.27. The Labute approximate surface area is 129 Å². The number of ether oxygens (including phenoxy) is 1. The summed E-state index contributed by atoms with van der Waals surface area (Å²) in [6, 6.07) is 10.1. The van der Waals surface area contributed by atoms with Crippen LogP contribution in [0.4, 0.5) is 4.39 Å². The molecule has 0 unspecified atom stereocenters. The Morgan fingerprint density at radius 2 is 1.89 bits per heavy atom. The topological polar surface area (TPSA) is 9.23 Å². The fourth-order valence-corrected chi connectivity index (χ4v) is 2.41. The van der Waals surface area contributed by atoms with Crippen molar-refractivity contribution in [2.24, 2.45) is 0 Å². The van der Waals surface area contributed by atoms with E-state index in [0.29, 0.717) is 21.7 Å². The first-order chi connectivity index (χ1) is 9.11. The Balaban J connectivity index is 2.16. The van der Waals surface area contributed by atoms with Crippen LogP contribution < -0.4 is 4.74 Å². The zero-order valence-corrected chi connectivity index (χ0v) is 12.9. The molecule has 0 aliphatic carbocycles. The van der Waals surface area contributed by atoms with Gasteiger partial charge < -0.3 is 4.74 Å². The molecule has 0 radical (unpaired) electrons. The maximum Gasteiger partial charge on any atom is 0.142 e. The van der Waals surface area contributed by atoms with Gasteiger partial charge in [-0.2, -0.15) is 0 Å². The minimum Gasteiger partial charge on any atom is -0.487 e. The van der Waals surface area contributed by atoms with Crippen LogP contribution in [0.1, 0.15) is 11.1 Å². The van der Waals surface area contributed by atoms with Crippen LogP contribution in [-0.2, 0) is 11.9 Å². The minimum absolute atomic E-state index is 0.0997. The van der Waals surface area contributed by atoms with E-state index in [2.05, 4.69) is 15.9 Å². The predicted molar refractivity (Wildman–Crippen MR) is 79.8 cm³/mol. The van der Waals surface area contributed by atoms with Gasteiger partial charge in [0.15, 0.2) is 0 Å². The molecule has 2 aromatic carbocycles. The highest BCUT2D eigenvalue weighted by atomic mass is 79.9. The zero-order chi connectivity index (χ0) is 13.8. The van der Waals surface area contributed by atoms with Crippen LogP contribution in [-0.4, -0.2) is 0 Å². The van der Waals surface area contributed by atoms with Crippen molar-refractivity contribution in [3.63, 3.8) is 0 Å². The van der Waals surface area contributed by atoms with Crippen LogP contribution >= 0.6 is 39.1 Å². The first-order valence-corrected chi connectivity index (χ1v) is 7.39. The fourth-order valence-electron chi connectivity index (χ4n) is 1.61. The normalized spacial score (nSPS) is 10.5. The SMILES string of the molecule is Fc1cc(COc2c(Cl)cccc2CBr)ccc1Cl. The molecule has 0 aromatic heterocycles. The Hall–Kier alpha value is -0.770. The van der Waals surface area contributed by atoms with Crippen molar-refractivity contribution >= 4 is 39.1 Å². The number of alkyl halides is 1. The molecular weight excluding hydrogens is 354 g/mol. The van der Waals surface area contributed by atoms with Gasteiger partial charge in [-0.1, -0.05) is 57.3 Å². The zero-order valence-electron chi connectivity index (χ0n) is 9.80. The van der Waals surface area contributed by atoms with Crippen molar-refractivity contribution in [1.29, 1.82) is 0 Å². The summed E-state index contributed by atoms with van der Waals surface area (Å²) in [7, 11) is 0. The highest BCUT2D eigenvalue weighted by Crippen LogP contribution is 2.31. The van der Waals surface area contributed by atoms with E-state index >= 15 is 0 Å². The Bertz CT molecular complexity index is 590. The Morgan fingerprint density at radius 3 is 2.58 bits per heavy atom. The Kier molecular flexibility index (Phi) is 5.08. The molecule has 0 bridgehead atoms. The summed E-state index contributed by atoms with van der Waals surface area (Å²) in [4.78, 5) is 0. The smallest absolute Gasteiger partial charge is 0.142 e. The molecule has 0 aliphatic rings. The van der Waals surface area contributed by atoms with E-state index in [1.165, 1.54) is 12.1 Å². The van der Waals surface area contributed by atoms with E-state index in [1.54, 1.807) is 12.1 Å². The third-order valence-corrected chi connectivity index (χ3v) is 3.77. The molecule has 0 spiro atoms. The molecule has 0 aliphatic heterocycles. The van der Waals surface area contributed by atoms with Crippen LogP contribution in [0.15, 0.2) is 36.4 Å². The average Bonchev–Trinajstić information content (AvgIpc) is 2.41. The van der Waals surface area contributed by atoms with Crippen molar-refractivity contribution in [3.8, 4) is 5.75 Å². The molecule has 0 atom stereocenters. The number of hydrogen-bond donors (Lipinski definition) is 0. The molecule has 0 saturated heterocycles. The average molecular weight is 364 g/mol. The van der Waals surface area contributed by atoms with Crippen molar-refractivity contribution in [2.75, 3.05) is 0 Å². The summed E-state index contributed by atoms with van der Waals surface area (Å²) in [6.07, 6.45) is 0. The van der Waals surface area contributed by atoms with Gasteiger partial charge >= 0.3 is 0 Å². The van der Waals surface area contributed by atoms with Crippen molar-refractivity contribution in [3.05, 3.63) is 63.4 Å². The second kappa shape index (κ2) is 6.60. The molecule has 19 heavy (non-hydrogen) atoms. The van der Waals surface area contributed by atoms with E-state index in [0.717, 1.165) is 5.56 Å². The molecule has 0 amide bonds. The van der Waals surface area contributed by atoms with E-state index < -0.39 is 5.82 Å². The molecule has 0 fully saturated rings. The first-order valence-electron chi connectivity index (χ1n) is 5.52. The van der Waals surface area contributed by atoms with Crippen LogP contribution in [0.5, 0.6) is 5.75 Å². The minimum atomic E-state index is -0.456. The number of halogens is 4. The highest BCUT2D eigenvalue weighted by molar-refractivity contribution is 9.08. The molecule has 1 nitrogen and oxygen atoms in total. The summed E-state index contributed by atoms with van der Waals surface area (Å²) in [5.41, 5.74) is 1.64. The number of para-hydroxylation sites is 1. The molecule has 0 saturated carbocycles. The van der Waals surface area contributed by atoms with Gasteiger partial charge in [0.25, 0.3) is 0 Å². The van der Waals surface area contributed by atoms with Crippen molar-refractivity contribution in [2.45, 2.75) is 11.9 Å². The lowest BCUT2D eigenvalue weighted by Gasteiger charge is -2.12. The van der Waals surface area contributed by atoms with Gasteiger partial charge in [-0.15, -0.1) is 0 Å². The van der Waals surface area contributed by atoms with Gasteiger partial charge in [0.1, 0.15) is 18.2 Å². The first kappa shape index (κ1) is 14.6. The highest BCUT2D eigenvalue weighted by Gasteiger charge is 2.08. The maximum atomic E-state index is 13.3. The molecule has 5 heteroatoms. The molecule has 0 heterocycles. The van der Waals surface area contributed by atoms with Gasteiger partial charge in [-0.25, -0.2) is 4.39 Å². The van der Waals surface area contributed by atoms with E-state index in [-0.39, 0.29) is 11.6 Å². The van der Waals surface area contributed by atoms with Gasteiger partial charge in [0, 0.05) is 10.9 Å². The van der Waals surface area contributed by atoms with Gasteiger partial charge in [-0.3, -0.25) is 0 Å². The van der Waals surface area contributed by atoms with E-state index in [1.807, 2.05) is 12.1 Å². The van der Waals surface area contributed by atoms with Crippen LogP contribution in [0.3, 0.4) is 0 Å². The van der Waals surface area contributed by atoms with Gasteiger partial charge in [0.05, 0.1) is 10.0 Å². The third kappa shape index (κ3) is 3.62. The molecular formula is C14H10BrCl2FO. The summed E-state index contributed by atoms with van der Waals surface area (Å²) in [5, 5.41) is 1.27. The fraction of sp³-hybridized carbons (Fsp3) is 0.143. The van der Waals surface area contributed by atoms with Crippen molar-refractivity contribution in [1.82, 2.24) is 0 Å². The largest absolute Gasteiger partial charge is 0.487 e. The molecule has 0 N–H and O–H groups in total. The summed E-state index contributed by atoms with van der Waals surface area (Å²) in [6.45, 7) is 0.234. The molecule has 2 rings (SSSR count). The van der Waals surface area contributed by atoms with E-state index in [4.69, 9.17) is 27.9 Å². The Morgan fingerprint density at radius 1 is 1.11 bits per heavy atom. The summed E-state index contributed by atoms with van der Waals surface area (Å²) in [5.74, 6) is 0.152. The lowest BCUT2D eigenvalue weighted by atomic mass is 10.2. The molecule has 100 valence electrons. The number of hydrogen-bond acceptors (Lipinski definition) is 1. The number of rotatable bonds is 4. The van der Waals surface area contributed by atoms with Crippen LogP contribution in [0.2, 0.25) is 10.0 Å². The summed E-state index contributed by atoms with van der Waals surface area (Å²) < 4.78 is 19.0. The van der Waals surface area contributed by atoms with Gasteiger partial charge in [-0.05, 0) is 23.8 Å². The maximum absolute atomic E-state index is 13.3. The van der Waals surface area contributed by atoms with E-state index in [9.17, 15) is 4.39 Å². The van der Waals surface area contributed by atoms with Gasteiger partial charge in [0.2, 0.25) is 0 Å². The van der Waals surface area contributed by atoms with Crippen LogP contribution in [0.25, 0.3) is 0 Å². The molecule has 2 aromatic rings. The third-order valence-electron chi connectivity index (χ3n) is 2.56. The number of benzene rings is 2. The quantitative estimate of drug-likeness (QED) is 0.642. The summed E-state index contributed by atoms with van der Waals surface area (Å²) >= 11 is 15.1. The standard InChI is InChI=1S/C14H10BrCl2FO/c15-7-10-2-1-3-12(17)14(10)19-8-9-4-5-11(16)13(18)6-9/h1-6H,7-8H2. The second-order valence-electron chi connectivity index (χ2n) is 3.90. The lowest BCUT2D eigenvalue weighted by Crippen LogP contribution is -1.99.